The number of rotatable bonds is 3. The van der Waals surface area contributed by atoms with Gasteiger partial charge in [-0.05, 0) is 49.2 Å². The van der Waals surface area contributed by atoms with E-state index in [-0.39, 0.29) is 16.1 Å². The lowest BCUT2D eigenvalue weighted by atomic mass is 10.1. The Morgan fingerprint density at radius 3 is 2.53 bits per heavy atom. The molecule has 6 nitrogen and oxygen atoms in total. The van der Waals surface area contributed by atoms with Gasteiger partial charge in [0.05, 0.1) is 10.6 Å². The Morgan fingerprint density at radius 1 is 1.07 bits per heavy atom. The first-order valence-electron chi connectivity index (χ1n) is 10.2. The molecule has 1 atom stereocenters. The summed E-state index contributed by atoms with van der Waals surface area (Å²) in [5.74, 6) is -0.0783. The molecular weight excluding hydrogens is 418 g/mol. The van der Waals surface area contributed by atoms with Gasteiger partial charge in [-0.1, -0.05) is 19.1 Å². The number of piperazine rings is 1. The highest BCUT2D eigenvalue weighted by molar-refractivity contribution is 8.00. The van der Waals surface area contributed by atoms with Crippen molar-refractivity contribution in [2.45, 2.75) is 42.2 Å². The summed E-state index contributed by atoms with van der Waals surface area (Å²) in [6, 6.07) is 11.3. The Balaban J connectivity index is 1.53. The van der Waals surface area contributed by atoms with Gasteiger partial charge in [0.1, 0.15) is 0 Å². The minimum Gasteiger partial charge on any atom is -0.369 e. The molecule has 0 saturated carbocycles. The molecule has 2 aromatic carbocycles. The number of fused-ring (bicyclic) bond motifs is 1. The SMILES string of the molecule is Cc1cccc(N2CCN(S(=O)(=O)c3ccc4c(c3)NC(=O)C[C@H](C)S4)CC2)c1C. The lowest BCUT2D eigenvalue weighted by Gasteiger charge is -2.36. The number of carbonyl (C=O) groups excluding carboxylic acids is 1. The number of benzene rings is 2. The van der Waals surface area contributed by atoms with E-state index >= 15 is 0 Å². The number of carbonyl (C=O) groups is 1. The van der Waals surface area contributed by atoms with Crippen molar-refractivity contribution in [3.63, 3.8) is 0 Å². The first kappa shape index (κ1) is 21.2. The third kappa shape index (κ3) is 4.08. The largest absolute Gasteiger partial charge is 0.369 e. The number of anilines is 2. The normalized spacial score (nSPS) is 20.4. The molecule has 4 rings (SSSR count). The molecule has 0 radical (unpaired) electrons. The molecule has 30 heavy (non-hydrogen) atoms. The topological polar surface area (TPSA) is 69.7 Å². The van der Waals surface area contributed by atoms with Crippen molar-refractivity contribution in [3.05, 3.63) is 47.5 Å². The van der Waals surface area contributed by atoms with Gasteiger partial charge in [-0.2, -0.15) is 4.31 Å². The maximum Gasteiger partial charge on any atom is 0.243 e. The van der Waals surface area contributed by atoms with E-state index in [9.17, 15) is 13.2 Å². The Kier molecular flexibility index (Phi) is 5.83. The van der Waals surface area contributed by atoms with Crippen LogP contribution in [-0.4, -0.2) is 50.1 Å². The van der Waals surface area contributed by atoms with Gasteiger partial charge in [-0.15, -0.1) is 11.8 Å². The van der Waals surface area contributed by atoms with Crippen LogP contribution in [0.3, 0.4) is 0 Å². The predicted octanol–water partition coefficient (Wildman–Crippen LogP) is 3.64. The van der Waals surface area contributed by atoms with Crippen LogP contribution >= 0.6 is 11.8 Å². The van der Waals surface area contributed by atoms with Gasteiger partial charge in [0.25, 0.3) is 0 Å². The third-order valence-electron chi connectivity index (χ3n) is 5.82. The van der Waals surface area contributed by atoms with Crippen LogP contribution in [0.1, 0.15) is 24.5 Å². The number of hydrogen-bond donors (Lipinski definition) is 1. The molecule has 2 aromatic rings. The monoisotopic (exact) mass is 445 g/mol. The maximum atomic E-state index is 13.3. The first-order valence-corrected chi connectivity index (χ1v) is 12.5. The standard InChI is InChI=1S/C22H27N3O3S2/c1-15-5-4-6-20(17(15)3)24-9-11-25(12-10-24)30(27,28)18-7-8-21-19(14-18)23-22(26)13-16(2)29-21/h4-8,14,16H,9-13H2,1-3H3,(H,23,26)/t16-/m0/s1. The summed E-state index contributed by atoms with van der Waals surface area (Å²) >= 11 is 1.59. The molecule has 1 fully saturated rings. The van der Waals surface area contributed by atoms with Gasteiger partial charge in [0.2, 0.25) is 15.9 Å². The molecular formula is C22H27N3O3S2. The molecule has 0 aromatic heterocycles. The summed E-state index contributed by atoms with van der Waals surface area (Å²) in [6.45, 7) is 8.37. The first-order chi connectivity index (χ1) is 14.3. The summed E-state index contributed by atoms with van der Waals surface area (Å²) < 4.78 is 28.1. The molecule has 1 amide bonds. The zero-order valence-electron chi connectivity index (χ0n) is 17.5. The number of amides is 1. The highest BCUT2D eigenvalue weighted by Crippen LogP contribution is 2.37. The highest BCUT2D eigenvalue weighted by Gasteiger charge is 2.30. The van der Waals surface area contributed by atoms with Crippen LogP contribution in [0.4, 0.5) is 11.4 Å². The van der Waals surface area contributed by atoms with E-state index < -0.39 is 10.0 Å². The average Bonchev–Trinajstić information content (AvgIpc) is 2.85. The quantitative estimate of drug-likeness (QED) is 0.781. The van der Waals surface area contributed by atoms with Gasteiger partial charge >= 0.3 is 0 Å². The summed E-state index contributed by atoms with van der Waals surface area (Å²) in [6.07, 6.45) is 0.418. The Labute approximate surface area is 182 Å². The fourth-order valence-electron chi connectivity index (χ4n) is 3.99. The number of nitrogens with zero attached hydrogens (tertiary/aromatic N) is 2. The van der Waals surface area contributed by atoms with E-state index in [0.29, 0.717) is 38.3 Å². The summed E-state index contributed by atoms with van der Waals surface area (Å²) in [7, 11) is -3.62. The van der Waals surface area contributed by atoms with Gasteiger partial charge < -0.3 is 10.2 Å². The van der Waals surface area contributed by atoms with E-state index in [0.717, 1.165) is 4.90 Å². The summed E-state index contributed by atoms with van der Waals surface area (Å²) in [5.41, 5.74) is 4.24. The number of nitrogens with one attached hydrogen (secondary N) is 1. The molecule has 2 heterocycles. The third-order valence-corrected chi connectivity index (χ3v) is 8.89. The van der Waals surface area contributed by atoms with Gasteiger partial charge in [0.15, 0.2) is 0 Å². The van der Waals surface area contributed by atoms with E-state index in [1.807, 2.05) is 13.0 Å². The van der Waals surface area contributed by atoms with Crippen molar-refractivity contribution in [1.82, 2.24) is 4.31 Å². The molecule has 1 saturated heterocycles. The minimum absolute atomic E-state index is 0.0783. The summed E-state index contributed by atoms with van der Waals surface area (Å²) in [5, 5.41) is 3.02. The second-order valence-corrected chi connectivity index (χ2v) is 11.4. The lowest BCUT2D eigenvalue weighted by molar-refractivity contribution is -0.116. The lowest BCUT2D eigenvalue weighted by Crippen LogP contribution is -2.48. The van der Waals surface area contributed by atoms with Crippen LogP contribution in [0.5, 0.6) is 0 Å². The zero-order chi connectivity index (χ0) is 21.5. The summed E-state index contributed by atoms with van der Waals surface area (Å²) in [4.78, 5) is 15.4. The van der Waals surface area contributed by atoms with Crippen molar-refractivity contribution in [3.8, 4) is 0 Å². The number of hydrogen-bond acceptors (Lipinski definition) is 5. The van der Waals surface area contributed by atoms with E-state index in [1.54, 1.807) is 34.3 Å². The number of aryl methyl sites for hydroxylation is 1. The van der Waals surface area contributed by atoms with Crippen LogP contribution < -0.4 is 10.2 Å². The van der Waals surface area contributed by atoms with Gasteiger partial charge in [-0.3, -0.25) is 4.79 Å². The molecule has 2 aliphatic heterocycles. The fourth-order valence-corrected chi connectivity index (χ4v) is 6.49. The molecule has 0 unspecified atom stereocenters. The minimum atomic E-state index is -3.62. The molecule has 160 valence electrons. The molecule has 2 aliphatic rings. The van der Waals surface area contributed by atoms with Crippen LogP contribution in [0, 0.1) is 13.8 Å². The van der Waals surface area contributed by atoms with Crippen molar-refractivity contribution < 1.29 is 13.2 Å². The number of sulfonamides is 1. The smallest absolute Gasteiger partial charge is 0.243 e. The Hall–Kier alpha value is -2.03. The maximum absolute atomic E-state index is 13.3. The van der Waals surface area contributed by atoms with Crippen LogP contribution in [-0.2, 0) is 14.8 Å². The molecule has 0 spiro atoms. The Bertz CT molecular complexity index is 1080. The van der Waals surface area contributed by atoms with Crippen molar-refractivity contribution in [2.75, 3.05) is 36.4 Å². The van der Waals surface area contributed by atoms with Crippen molar-refractivity contribution >= 4 is 39.1 Å². The average molecular weight is 446 g/mol. The van der Waals surface area contributed by atoms with Crippen LogP contribution in [0.25, 0.3) is 0 Å². The van der Waals surface area contributed by atoms with Gasteiger partial charge in [0, 0.05) is 48.4 Å². The van der Waals surface area contributed by atoms with Crippen molar-refractivity contribution in [1.29, 1.82) is 0 Å². The van der Waals surface area contributed by atoms with E-state index in [1.165, 1.54) is 16.8 Å². The fraction of sp³-hybridized carbons (Fsp3) is 0.409. The highest BCUT2D eigenvalue weighted by atomic mass is 32.2. The van der Waals surface area contributed by atoms with E-state index in [2.05, 4.69) is 36.2 Å². The molecule has 0 bridgehead atoms. The van der Waals surface area contributed by atoms with Gasteiger partial charge in [-0.25, -0.2) is 8.42 Å². The zero-order valence-corrected chi connectivity index (χ0v) is 19.1. The Morgan fingerprint density at radius 2 is 1.80 bits per heavy atom. The van der Waals surface area contributed by atoms with Crippen molar-refractivity contribution in [2.24, 2.45) is 0 Å². The second-order valence-electron chi connectivity index (χ2n) is 7.95. The van der Waals surface area contributed by atoms with Crippen LogP contribution in [0.15, 0.2) is 46.2 Å². The molecule has 8 heteroatoms. The van der Waals surface area contributed by atoms with Crippen LogP contribution in [0.2, 0.25) is 0 Å². The van der Waals surface area contributed by atoms with E-state index in [4.69, 9.17) is 0 Å². The molecule has 0 aliphatic carbocycles. The number of thioether (sulfide) groups is 1. The predicted molar refractivity (Wildman–Crippen MR) is 122 cm³/mol. The second kappa shape index (κ2) is 8.24. The molecule has 1 N–H and O–H groups in total.